The van der Waals surface area contributed by atoms with Crippen LogP contribution in [0, 0.1) is 0 Å². The number of halogens is 2. The molecule has 0 atom stereocenters. The van der Waals surface area contributed by atoms with Crippen LogP contribution in [-0.2, 0) is 17.5 Å². The van der Waals surface area contributed by atoms with Crippen LogP contribution in [0.1, 0.15) is 18.9 Å². The zero-order valence-electron chi connectivity index (χ0n) is 16.2. The second-order valence-electron chi connectivity index (χ2n) is 6.63. The van der Waals surface area contributed by atoms with Crippen molar-refractivity contribution in [3.63, 3.8) is 0 Å². The van der Waals surface area contributed by atoms with Crippen molar-refractivity contribution in [1.82, 2.24) is 0 Å². The van der Waals surface area contributed by atoms with Gasteiger partial charge in [-0.25, -0.2) is 4.57 Å². The van der Waals surface area contributed by atoms with Gasteiger partial charge in [0, 0.05) is 36.4 Å². The smallest absolute Gasteiger partial charge is 0.331 e. The topological polar surface area (TPSA) is 65.3 Å². The van der Waals surface area contributed by atoms with Crippen molar-refractivity contribution < 1.29 is 48.3 Å². The van der Waals surface area contributed by atoms with Crippen molar-refractivity contribution in [1.29, 1.82) is 0 Å². The van der Waals surface area contributed by atoms with Crippen molar-refractivity contribution >= 4 is 7.60 Å². The molecule has 29 heavy (non-hydrogen) atoms. The van der Waals surface area contributed by atoms with E-state index in [1.54, 1.807) is 4.57 Å². The molecule has 3 aromatic rings. The Hall–Kier alpha value is -1.75. The third kappa shape index (κ3) is 7.54. The monoisotopic (exact) mass is 454 g/mol. The van der Waals surface area contributed by atoms with Crippen molar-refractivity contribution in [2.45, 2.75) is 26.3 Å². The van der Waals surface area contributed by atoms with Crippen LogP contribution in [-0.4, -0.2) is 15.9 Å². The van der Waals surface area contributed by atoms with Crippen molar-refractivity contribution in [2.75, 3.05) is 6.16 Å². The lowest BCUT2D eigenvalue weighted by Gasteiger charge is -2.03. The summed E-state index contributed by atoms with van der Waals surface area (Å²) in [7, 11) is -3.97. The Bertz CT molecular complexity index is 945. The van der Waals surface area contributed by atoms with Gasteiger partial charge in [-0.1, -0.05) is 25.5 Å². The van der Waals surface area contributed by atoms with E-state index in [0.717, 1.165) is 29.7 Å². The van der Waals surface area contributed by atoms with E-state index >= 15 is 0 Å². The summed E-state index contributed by atoms with van der Waals surface area (Å²) in [4.78, 5) is 17.9. The minimum absolute atomic E-state index is 0. The molecule has 0 amide bonds. The first kappa shape index (κ1) is 25.3. The average molecular weight is 455 g/mol. The molecule has 2 heterocycles. The lowest BCUT2D eigenvalue weighted by atomic mass is 10.1. The SMILES string of the molecule is CCCc1cccc(-[n+]2ccc(-c3cc[n+](CCP(=O)(O)O)cc3)cc2)c1.[Cl-].[Cl-]. The summed E-state index contributed by atoms with van der Waals surface area (Å²) in [5.74, 6) is 0. The predicted molar refractivity (Wildman–Crippen MR) is 105 cm³/mol. The molecule has 2 N–H and O–H groups in total. The maximum absolute atomic E-state index is 11.0. The normalized spacial score (nSPS) is 10.7. The number of aryl methyl sites for hydroxylation is 2. The first-order chi connectivity index (χ1) is 12.9. The van der Waals surface area contributed by atoms with Crippen molar-refractivity contribution in [3.8, 4) is 16.8 Å². The molecule has 156 valence electrons. The molecule has 0 saturated carbocycles. The van der Waals surface area contributed by atoms with E-state index < -0.39 is 7.60 Å². The van der Waals surface area contributed by atoms with Crippen LogP contribution >= 0.6 is 7.60 Å². The number of benzene rings is 1. The lowest BCUT2D eigenvalue weighted by molar-refractivity contribution is -0.692. The summed E-state index contributed by atoms with van der Waals surface area (Å²) in [5, 5.41) is 0. The lowest BCUT2D eigenvalue weighted by Crippen LogP contribution is -3.00. The molecule has 0 aliphatic heterocycles. The van der Waals surface area contributed by atoms with E-state index in [2.05, 4.69) is 60.3 Å². The molecule has 0 fully saturated rings. The third-order valence-corrected chi connectivity index (χ3v) is 5.23. The van der Waals surface area contributed by atoms with Gasteiger partial charge in [0.25, 0.3) is 0 Å². The van der Waals surface area contributed by atoms with Crippen LogP contribution in [0.3, 0.4) is 0 Å². The Labute approximate surface area is 184 Å². The molecular formula is C21H25Cl2N2O3P. The van der Waals surface area contributed by atoms with Crippen LogP contribution in [0.5, 0.6) is 0 Å². The fourth-order valence-electron chi connectivity index (χ4n) is 3.00. The molecule has 0 aliphatic rings. The Kier molecular flexibility index (Phi) is 9.97. The Morgan fingerprint density at radius 1 is 0.897 bits per heavy atom. The van der Waals surface area contributed by atoms with E-state index in [9.17, 15) is 4.57 Å². The van der Waals surface area contributed by atoms with E-state index in [4.69, 9.17) is 9.79 Å². The van der Waals surface area contributed by atoms with Gasteiger partial charge in [-0.15, -0.1) is 0 Å². The highest BCUT2D eigenvalue weighted by Crippen LogP contribution is 2.33. The maximum Gasteiger partial charge on any atom is 0.331 e. The van der Waals surface area contributed by atoms with Crippen LogP contribution in [0.2, 0.25) is 0 Å². The minimum atomic E-state index is -3.97. The van der Waals surface area contributed by atoms with E-state index in [1.807, 2.05) is 24.5 Å². The first-order valence-electron chi connectivity index (χ1n) is 9.09. The predicted octanol–water partition coefficient (Wildman–Crippen LogP) is -2.94. The Balaban J connectivity index is 0.00000210. The van der Waals surface area contributed by atoms with Gasteiger partial charge in [-0.2, -0.15) is 4.57 Å². The van der Waals surface area contributed by atoms with Crippen molar-refractivity contribution in [3.05, 3.63) is 78.9 Å². The summed E-state index contributed by atoms with van der Waals surface area (Å²) in [6.07, 6.45) is 9.86. The number of pyridine rings is 2. The zero-order chi connectivity index (χ0) is 19.3. The molecule has 0 radical (unpaired) electrons. The molecule has 5 nitrogen and oxygen atoms in total. The summed E-state index contributed by atoms with van der Waals surface area (Å²) in [6, 6.07) is 16.6. The second kappa shape index (κ2) is 11.4. The van der Waals surface area contributed by atoms with Gasteiger partial charge >= 0.3 is 7.60 Å². The third-order valence-electron chi connectivity index (χ3n) is 4.45. The Morgan fingerprint density at radius 3 is 2.03 bits per heavy atom. The number of aromatic nitrogens is 2. The molecule has 8 heteroatoms. The maximum atomic E-state index is 11.0. The summed E-state index contributed by atoms with van der Waals surface area (Å²) < 4.78 is 14.9. The minimum Gasteiger partial charge on any atom is -1.00 e. The standard InChI is InChI=1S/C21H23N2O3P.2ClH/c1-2-4-18-5-3-6-21(17-18)23-13-9-20(10-14-23)19-7-11-22(12-8-19)15-16-27(24,25)26;;/h3,5-14,17H,2,4,15-16H2,1H3;2*1H. The molecule has 1 aromatic carbocycles. The van der Waals surface area contributed by atoms with Crippen LogP contribution in [0.25, 0.3) is 16.8 Å². The van der Waals surface area contributed by atoms with E-state index in [0.29, 0.717) is 6.54 Å². The van der Waals surface area contributed by atoms with Gasteiger partial charge in [-0.3, -0.25) is 4.57 Å². The van der Waals surface area contributed by atoms with Gasteiger partial charge in [0.1, 0.15) is 6.16 Å². The van der Waals surface area contributed by atoms with Crippen LogP contribution < -0.4 is 33.9 Å². The van der Waals surface area contributed by atoms with Gasteiger partial charge in [-0.05, 0) is 23.1 Å². The van der Waals surface area contributed by atoms with Gasteiger partial charge < -0.3 is 34.6 Å². The summed E-state index contributed by atoms with van der Waals surface area (Å²) >= 11 is 0. The molecule has 0 bridgehead atoms. The molecule has 0 saturated heterocycles. The highest BCUT2D eigenvalue weighted by Gasteiger charge is 2.16. The summed E-state index contributed by atoms with van der Waals surface area (Å²) in [6.45, 7) is 2.48. The van der Waals surface area contributed by atoms with E-state index in [-0.39, 0.29) is 31.0 Å². The van der Waals surface area contributed by atoms with Gasteiger partial charge in [0.2, 0.25) is 5.69 Å². The number of hydrogen-bond acceptors (Lipinski definition) is 1. The molecular weight excluding hydrogens is 430 g/mol. The van der Waals surface area contributed by atoms with Crippen LogP contribution in [0.15, 0.2) is 73.3 Å². The molecule has 2 aromatic heterocycles. The molecule has 0 unspecified atom stereocenters. The molecule has 0 spiro atoms. The average Bonchev–Trinajstić information content (AvgIpc) is 2.67. The second-order valence-corrected chi connectivity index (χ2v) is 8.40. The number of rotatable bonds is 7. The first-order valence-corrected chi connectivity index (χ1v) is 10.9. The van der Waals surface area contributed by atoms with Gasteiger partial charge in [0.05, 0.1) is 0 Å². The molecule has 3 rings (SSSR count). The fraction of sp³-hybridized carbons (Fsp3) is 0.238. The molecule has 0 aliphatic carbocycles. The van der Waals surface area contributed by atoms with Crippen LogP contribution in [0.4, 0.5) is 0 Å². The summed E-state index contributed by atoms with van der Waals surface area (Å²) in [5.41, 5.74) is 4.65. The highest BCUT2D eigenvalue weighted by atomic mass is 35.5. The van der Waals surface area contributed by atoms with Gasteiger partial charge in [0.15, 0.2) is 31.3 Å². The van der Waals surface area contributed by atoms with Crippen molar-refractivity contribution in [2.24, 2.45) is 0 Å². The largest absolute Gasteiger partial charge is 1.00 e. The zero-order valence-corrected chi connectivity index (χ0v) is 18.6. The van der Waals surface area contributed by atoms with E-state index in [1.165, 1.54) is 5.56 Å². The highest BCUT2D eigenvalue weighted by molar-refractivity contribution is 7.51. The number of nitrogens with zero attached hydrogens (tertiary/aromatic N) is 2. The fourth-order valence-corrected chi connectivity index (χ4v) is 3.49. The number of hydrogen-bond donors (Lipinski definition) is 2. The Morgan fingerprint density at radius 2 is 1.48 bits per heavy atom. The quantitative estimate of drug-likeness (QED) is 0.296.